The van der Waals surface area contributed by atoms with Crippen molar-refractivity contribution in [2.24, 2.45) is 0 Å². The molecule has 1 aromatic heterocycles. The molecular formula is C18H21N3O3S. The topological polar surface area (TPSA) is 76.6 Å². The van der Waals surface area contributed by atoms with Crippen molar-refractivity contribution in [3.8, 4) is 0 Å². The van der Waals surface area contributed by atoms with Gasteiger partial charge in [-0.05, 0) is 43.0 Å². The van der Waals surface area contributed by atoms with Crippen LogP contribution in [-0.2, 0) is 17.0 Å². The summed E-state index contributed by atoms with van der Waals surface area (Å²) in [4.78, 5) is 31.2. The van der Waals surface area contributed by atoms with Crippen LogP contribution in [0.5, 0.6) is 0 Å². The highest BCUT2D eigenvalue weighted by Gasteiger charge is 2.32. The number of hydrogen-bond acceptors (Lipinski definition) is 4. The van der Waals surface area contributed by atoms with Gasteiger partial charge in [0.1, 0.15) is 6.04 Å². The summed E-state index contributed by atoms with van der Waals surface area (Å²) >= 11 is 1.92. The van der Waals surface area contributed by atoms with E-state index in [2.05, 4.69) is 4.98 Å². The molecule has 132 valence electrons. The first kappa shape index (κ1) is 16.5. The monoisotopic (exact) mass is 359 g/mol. The number of likely N-dealkylation sites (N-methyl/N-ethyl adjacent to an activating group) is 1. The molecule has 25 heavy (non-hydrogen) atoms. The summed E-state index contributed by atoms with van der Waals surface area (Å²) in [5, 5.41) is 10.5. The number of hydrogen-bond donors (Lipinski definition) is 2. The number of nitrogens with one attached hydrogen (secondary N) is 1. The first-order valence-electron chi connectivity index (χ1n) is 8.48. The van der Waals surface area contributed by atoms with Crippen LogP contribution in [0.15, 0.2) is 18.2 Å². The predicted octanol–water partition coefficient (Wildman–Crippen LogP) is 1.80. The molecule has 1 saturated heterocycles. The number of carbonyl (C=O) groups is 2. The Labute approximate surface area is 150 Å². The maximum Gasteiger partial charge on any atom is 0.322 e. The molecule has 1 fully saturated rings. The lowest BCUT2D eigenvalue weighted by atomic mass is 10.1. The second-order valence-corrected chi connectivity index (χ2v) is 7.84. The fourth-order valence-corrected chi connectivity index (χ4v) is 4.70. The van der Waals surface area contributed by atoms with E-state index in [0.717, 1.165) is 28.8 Å². The molecule has 0 bridgehead atoms. The Balaban J connectivity index is 1.63. The summed E-state index contributed by atoms with van der Waals surface area (Å²) in [6, 6.07) is 5.13. The van der Waals surface area contributed by atoms with Crippen LogP contribution in [0.3, 0.4) is 0 Å². The van der Waals surface area contributed by atoms with Crippen molar-refractivity contribution in [3.05, 3.63) is 35.0 Å². The minimum Gasteiger partial charge on any atom is -0.480 e. The van der Waals surface area contributed by atoms with Gasteiger partial charge in [-0.15, -0.1) is 0 Å². The number of aliphatic carboxylic acids is 1. The molecule has 0 spiro atoms. The number of rotatable bonds is 2. The zero-order valence-corrected chi connectivity index (χ0v) is 14.9. The maximum atomic E-state index is 12.9. The zero-order valence-electron chi connectivity index (χ0n) is 14.1. The van der Waals surface area contributed by atoms with Gasteiger partial charge >= 0.3 is 5.97 Å². The van der Waals surface area contributed by atoms with Gasteiger partial charge in [0.05, 0.1) is 0 Å². The Bertz CT molecular complexity index is 847. The number of aromatic amines is 1. The molecule has 7 heteroatoms. The summed E-state index contributed by atoms with van der Waals surface area (Å²) in [6.07, 6.45) is 1.04. The molecule has 1 aromatic carbocycles. The van der Waals surface area contributed by atoms with Gasteiger partial charge < -0.3 is 15.0 Å². The molecule has 0 unspecified atom stereocenters. The van der Waals surface area contributed by atoms with Crippen LogP contribution in [0.4, 0.5) is 0 Å². The Morgan fingerprint density at radius 3 is 2.96 bits per heavy atom. The Kier molecular flexibility index (Phi) is 4.21. The minimum absolute atomic E-state index is 0.0836. The third-order valence-electron chi connectivity index (χ3n) is 5.20. The molecule has 0 radical (unpaired) electrons. The lowest BCUT2D eigenvalue weighted by Gasteiger charge is -2.37. The number of nitrogens with zero attached hydrogens (tertiary/aromatic N) is 2. The third kappa shape index (κ3) is 2.91. The molecule has 0 aliphatic carbocycles. The second-order valence-electron chi connectivity index (χ2n) is 6.73. The highest BCUT2D eigenvalue weighted by molar-refractivity contribution is 7.98. The zero-order chi connectivity index (χ0) is 17.6. The summed E-state index contributed by atoms with van der Waals surface area (Å²) in [7, 11) is 1.79. The molecule has 1 amide bonds. The van der Waals surface area contributed by atoms with E-state index >= 15 is 0 Å². The van der Waals surface area contributed by atoms with Crippen LogP contribution >= 0.6 is 11.8 Å². The van der Waals surface area contributed by atoms with Gasteiger partial charge in [0.25, 0.3) is 5.91 Å². The molecule has 3 heterocycles. The molecule has 2 aromatic rings. The average Bonchev–Trinajstić information content (AvgIpc) is 2.99. The normalized spacial score (nSPS) is 21.3. The van der Waals surface area contributed by atoms with Crippen LogP contribution in [0.25, 0.3) is 10.9 Å². The van der Waals surface area contributed by atoms with E-state index in [9.17, 15) is 14.7 Å². The quantitative estimate of drug-likeness (QED) is 0.855. The van der Waals surface area contributed by atoms with Gasteiger partial charge in [-0.25, -0.2) is 0 Å². The van der Waals surface area contributed by atoms with Gasteiger partial charge in [0, 0.05) is 47.5 Å². The summed E-state index contributed by atoms with van der Waals surface area (Å²) in [5.41, 5.74) is 4.30. The van der Waals surface area contributed by atoms with E-state index in [4.69, 9.17) is 0 Å². The molecule has 6 nitrogen and oxygen atoms in total. The number of fused-ring (bicyclic) bond motifs is 3. The third-order valence-corrected chi connectivity index (χ3v) is 6.19. The highest BCUT2D eigenvalue weighted by Crippen LogP contribution is 2.32. The molecular weight excluding hydrogens is 338 g/mol. The molecule has 2 aliphatic heterocycles. The number of carbonyl (C=O) groups excluding carboxylic acids is 1. The number of H-pyrrole nitrogens is 1. The molecule has 2 aliphatic rings. The van der Waals surface area contributed by atoms with Gasteiger partial charge in [-0.1, -0.05) is 0 Å². The Hall–Kier alpha value is -1.99. The molecule has 2 N–H and O–H groups in total. The first-order chi connectivity index (χ1) is 12.0. The highest BCUT2D eigenvalue weighted by atomic mass is 32.2. The average molecular weight is 359 g/mol. The summed E-state index contributed by atoms with van der Waals surface area (Å²) < 4.78 is 0. The van der Waals surface area contributed by atoms with Crippen molar-refractivity contribution in [1.82, 2.24) is 14.8 Å². The van der Waals surface area contributed by atoms with Crippen LogP contribution in [0.2, 0.25) is 0 Å². The standard InChI is InChI=1S/C18H21N3O3S/c1-20-5-6-21(9-16(20)18(23)24)17(22)11-2-3-14-12(8-11)13-10-25-7-4-15(13)19-14/h2-3,8,16,19H,4-7,9-10H2,1H3,(H,23,24)/t16-/m0/s1. The van der Waals surface area contributed by atoms with E-state index in [1.807, 2.05) is 30.0 Å². The van der Waals surface area contributed by atoms with Crippen LogP contribution in [0.1, 0.15) is 21.6 Å². The number of aryl methyl sites for hydroxylation is 1. The smallest absolute Gasteiger partial charge is 0.322 e. The van der Waals surface area contributed by atoms with E-state index in [1.54, 1.807) is 16.8 Å². The number of thioether (sulfide) groups is 1. The van der Waals surface area contributed by atoms with E-state index in [-0.39, 0.29) is 12.5 Å². The van der Waals surface area contributed by atoms with Crippen LogP contribution in [-0.4, -0.2) is 70.2 Å². The molecule has 1 atom stereocenters. The lowest BCUT2D eigenvalue weighted by Crippen LogP contribution is -2.56. The van der Waals surface area contributed by atoms with E-state index in [1.165, 1.54) is 11.3 Å². The number of piperazine rings is 1. The maximum absolute atomic E-state index is 12.9. The predicted molar refractivity (Wildman–Crippen MR) is 98.1 cm³/mol. The number of benzene rings is 1. The van der Waals surface area contributed by atoms with E-state index in [0.29, 0.717) is 18.7 Å². The van der Waals surface area contributed by atoms with Crippen molar-refractivity contribution >= 4 is 34.5 Å². The first-order valence-corrected chi connectivity index (χ1v) is 9.63. The SMILES string of the molecule is CN1CCN(C(=O)c2ccc3[nH]c4c(c3c2)CSCC4)C[C@H]1C(=O)O. The van der Waals surface area contributed by atoms with Crippen molar-refractivity contribution < 1.29 is 14.7 Å². The van der Waals surface area contributed by atoms with Gasteiger partial charge in [-0.2, -0.15) is 11.8 Å². The van der Waals surface area contributed by atoms with Crippen molar-refractivity contribution in [2.75, 3.05) is 32.4 Å². The number of carboxylic acids is 1. The van der Waals surface area contributed by atoms with Crippen LogP contribution in [0, 0.1) is 0 Å². The fraction of sp³-hybridized carbons (Fsp3) is 0.444. The van der Waals surface area contributed by atoms with Gasteiger partial charge in [0.2, 0.25) is 0 Å². The number of carboxylic acid groups (broad SMARTS) is 1. The summed E-state index contributed by atoms with van der Waals surface area (Å²) in [5.74, 6) is 1.14. The molecule has 4 rings (SSSR count). The Morgan fingerprint density at radius 1 is 1.32 bits per heavy atom. The lowest BCUT2D eigenvalue weighted by molar-refractivity contribution is -0.144. The van der Waals surface area contributed by atoms with Crippen LogP contribution < -0.4 is 0 Å². The summed E-state index contributed by atoms with van der Waals surface area (Å²) in [6.45, 7) is 1.35. The van der Waals surface area contributed by atoms with Gasteiger partial charge in [0.15, 0.2) is 0 Å². The second kappa shape index (κ2) is 6.38. The molecule has 0 saturated carbocycles. The van der Waals surface area contributed by atoms with Crippen molar-refractivity contribution in [3.63, 3.8) is 0 Å². The largest absolute Gasteiger partial charge is 0.480 e. The number of amides is 1. The Morgan fingerprint density at radius 2 is 2.16 bits per heavy atom. The van der Waals surface area contributed by atoms with E-state index < -0.39 is 12.0 Å². The number of aromatic nitrogens is 1. The van der Waals surface area contributed by atoms with Crippen molar-refractivity contribution in [1.29, 1.82) is 0 Å². The minimum atomic E-state index is -0.882. The fourth-order valence-electron chi connectivity index (χ4n) is 3.67. The van der Waals surface area contributed by atoms with Crippen molar-refractivity contribution in [2.45, 2.75) is 18.2 Å². The van der Waals surface area contributed by atoms with Gasteiger partial charge in [-0.3, -0.25) is 14.5 Å².